The van der Waals surface area contributed by atoms with Crippen molar-refractivity contribution in [3.05, 3.63) is 57.3 Å². The fourth-order valence-corrected chi connectivity index (χ4v) is 3.49. The molecule has 5 nitrogen and oxygen atoms in total. The third kappa shape index (κ3) is 3.34. The second-order valence-corrected chi connectivity index (χ2v) is 6.65. The van der Waals surface area contributed by atoms with Gasteiger partial charge in [0.15, 0.2) is 5.13 Å². The van der Waals surface area contributed by atoms with Crippen LogP contribution in [0.2, 0.25) is 0 Å². The van der Waals surface area contributed by atoms with Gasteiger partial charge >= 0.3 is 5.97 Å². The van der Waals surface area contributed by atoms with E-state index >= 15 is 0 Å². The van der Waals surface area contributed by atoms with Crippen molar-refractivity contribution in [2.24, 2.45) is 0 Å². The lowest BCUT2D eigenvalue weighted by Crippen LogP contribution is -2.09. The molecule has 0 bridgehead atoms. The average Bonchev–Trinajstić information content (AvgIpc) is 3.22. The second-order valence-electron chi connectivity index (χ2n) is 4.62. The van der Waals surface area contributed by atoms with E-state index in [1.807, 2.05) is 6.07 Å². The highest BCUT2D eigenvalue weighted by Gasteiger charge is 2.18. The molecule has 3 aromatic rings. The first-order valence-electron chi connectivity index (χ1n) is 6.79. The van der Waals surface area contributed by atoms with Gasteiger partial charge in [-0.15, -0.1) is 11.3 Å². The van der Waals surface area contributed by atoms with E-state index in [1.54, 1.807) is 24.3 Å². The van der Waals surface area contributed by atoms with Gasteiger partial charge in [-0.1, -0.05) is 41.7 Å². The van der Waals surface area contributed by atoms with Crippen LogP contribution < -0.4 is 5.32 Å². The quantitative estimate of drug-likeness (QED) is 0.711. The molecule has 2 heterocycles. The van der Waals surface area contributed by atoms with Crippen molar-refractivity contribution >= 4 is 39.7 Å². The number of ether oxygens (including phenoxy) is 1. The fourth-order valence-electron chi connectivity index (χ4n) is 1.96. The van der Waals surface area contributed by atoms with Crippen LogP contribution in [0.15, 0.2) is 42.5 Å². The zero-order chi connectivity index (χ0) is 17.1. The minimum Gasteiger partial charge on any atom is -0.465 e. The lowest BCUT2D eigenvalue weighted by molar-refractivity contribution is 0.0606. The zero-order valence-electron chi connectivity index (χ0n) is 12.4. The van der Waals surface area contributed by atoms with Gasteiger partial charge in [0.25, 0.3) is 5.91 Å². The Kier molecular flexibility index (Phi) is 4.68. The Balaban J connectivity index is 1.78. The molecule has 0 aliphatic carbocycles. The Labute approximate surface area is 144 Å². The van der Waals surface area contributed by atoms with Crippen molar-refractivity contribution in [1.29, 1.82) is 0 Å². The van der Waals surface area contributed by atoms with Crippen LogP contribution >= 0.6 is 22.7 Å². The second kappa shape index (κ2) is 6.90. The molecular weight excluding hydrogens is 351 g/mol. The van der Waals surface area contributed by atoms with Crippen LogP contribution in [-0.2, 0) is 4.74 Å². The number of aromatic nitrogens is 1. The van der Waals surface area contributed by atoms with E-state index in [4.69, 9.17) is 0 Å². The van der Waals surface area contributed by atoms with Crippen molar-refractivity contribution in [3.63, 3.8) is 0 Å². The van der Waals surface area contributed by atoms with Gasteiger partial charge in [0.1, 0.15) is 10.6 Å². The molecule has 2 aromatic heterocycles. The number of hydrogen-bond acceptors (Lipinski definition) is 6. The number of nitrogens with one attached hydrogen (secondary N) is 1. The molecule has 122 valence electrons. The first kappa shape index (κ1) is 16.3. The minimum atomic E-state index is -0.509. The molecule has 8 heteroatoms. The number of thiophene rings is 1. The Bertz CT molecular complexity index is 890. The molecule has 0 fully saturated rings. The SMILES string of the molecule is COC(=O)c1ccc(C(=O)Nc2nc(-c3ccccc3)c(F)s2)s1. The third-order valence-electron chi connectivity index (χ3n) is 3.07. The fraction of sp³-hybridized carbons (Fsp3) is 0.0625. The topological polar surface area (TPSA) is 68.3 Å². The maximum absolute atomic E-state index is 14.1. The predicted octanol–water partition coefficient (Wildman–Crippen LogP) is 4.05. The van der Waals surface area contributed by atoms with Crippen LogP contribution in [0.4, 0.5) is 9.52 Å². The number of amides is 1. The summed E-state index contributed by atoms with van der Waals surface area (Å²) in [5.74, 6) is -0.964. The monoisotopic (exact) mass is 362 g/mol. The summed E-state index contributed by atoms with van der Waals surface area (Å²) in [6.07, 6.45) is 0. The number of esters is 1. The van der Waals surface area contributed by atoms with E-state index in [1.165, 1.54) is 19.2 Å². The van der Waals surface area contributed by atoms with Gasteiger partial charge in [-0.05, 0) is 12.1 Å². The molecule has 0 saturated carbocycles. The number of anilines is 1. The van der Waals surface area contributed by atoms with E-state index < -0.39 is 17.0 Å². The van der Waals surface area contributed by atoms with Crippen LogP contribution in [0.1, 0.15) is 19.3 Å². The van der Waals surface area contributed by atoms with Crippen LogP contribution in [-0.4, -0.2) is 24.0 Å². The Morgan fingerprint density at radius 1 is 1.08 bits per heavy atom. The largest absolute Gasteiger partial charge is 0.465 e. The molecule has 0 atom stereocenters. The maximum atomic E-state index is 14.1. The summed E-state index contributed by atoms with van der Waals surface area (Å²) in [6, 6.07) is 11.9. The smallest absolute Gasteiger partial charge is 0.348 e. The minimum absolute atomic E-state index is 0.157. The summed E-state index contributed by atoms with van der Waals surface area (Å²) in [5, 5.41) is 2.23. The number of halogens is 1. The molecule has 1 amide bonds. The molecule has 0 radical (unpaired) electrons. The number of carbonyl (C=O) groups is 2. The van der Waals surface area contributed by atoms with Gasteiger partial charge in [-0.3, -0.25) is 10.1 Å². The van der Waals surface area contributed by atoms with Crippen molar-refractivity contribution in [1.82, 2.24) is 4.98 Å². The highest BCUT2D eigenvalue weighted by molar-refractivity contribution is 7.16. The van der Waals surface area contributed by atoms with Gasteiger partial charge in [-0.2, -0.15) is 4.39 Å². The van der Waals surface area contributed by atoms with Gasteiger partial charge in [0.05, 0.1) is 12.0 Å². The first-order valence-corrected chi connectivity index (χ1v) is 8.43. The summed E-state index contributed by atoms with van der Waals surface area (Å²) >= 11 is 1.75. The van der Waals surface area contributed by atoms with E-state index in [2.05, 4.69) is 15.0 Å². The number of hydrogen-bond donors (Lipinski definition) is 1. The van der Waals surface area contributed by atoms with Crippen molar-refractivity contribution in [2.45, 2.75) is 0 Å². The molecule has 0 saturated heterocycles. The number of rotatable bonds is 4. The number of nitrogens with zero attached hydrogens (tertiary/aromatic N) is 1. The summed E-state index contributed by atoms with van der Waals surface area (Å²) in [7, 11) is 1.27. The lowest BCUT2D eigenvalue weighted by atomic mass is 10.2. The van der Waals surface area contributed by atoms with Gasteiger partial charge in [0.2, 0.25) is 5.13 Å². The van der Waals surface area contributed by atoms with Crippen LogP contribution in [0.5, 0.6) is 0 Å². The molecule has 0 spiro atoms. The summed E-state index contributed by atoms with van der Waals surface area (Å²) in [4.78, 5) is 28.4. The molecule has 24 heavy (non-hydrogen) atoms. The molecule has 0 unspecified atom stereocenters. The van der Waals surface area contributed by atoms with E-state index in [9.17, 15) is 14.0 Å². The average molecular weight is 362 g/mol. The third-order valence-corrected chi connectivity index (χ3v) is 4.89. The van der Waals surface area contributed by atoms with Crippen LogP contribution in [0.3, 0.4) is 0 Å². The summed E-state index contributed by atoms with van der Waals surface area (Å²) in [5.41, 5.74) is 0.827. The number of thiazole rings is 1. The van der Waals surface area contributed by atoms with Crippen molar-refractivity contribution in [2.75, 3.05) is 12.4 Å². The van der Waals surface area contributed by atoms with E-state index in [0.29, 0.717) is 15.3 Å². The van der Waals surface area contributed by atoms with Gasteiger partial charge in [0, 0.05) is 5.56 Å². The Morgan fingerprint density at radius 2 is 1.79 bits per heavy atom. The van der Waals surface area contributed by atoms with Crippen molar-refractivity contribution < 1.29 is 18.7 Å². The number of benzene rings is 1. The molecule has 1 aromatic carbocycles. The maximum Gasteiger partial charge on any atom is 0.348 e. The number of methoxy groups -OCH3 is 1. The molecular formula is C16H11FN2O3S2. The Hall–Kier alpha value is -2.58. The lowest BCUT2D eigenvalue weighted by Gasteiger charge is -1.98. The van der Waals surface area contributed by atoms with Crippen LogP contribution in [0.25, 0.3) is 11.3 Å². The van der Waals surface area contributed by atoms with Gasteiger partial charge < -0.3 is 4.74 Å². The molecule has 3 rings (SSSR count). The highest BCUT2D eigenvalue weighted by atomic mass is 32.1. The van der Waals surface area contributed by atoms with Crippen molar-refractivity contribution in [3.8, 4) is 11.3 Å². The summed E-state index contributed by atoms with van der Waals surface area (Å²) in [6.45, 7) is 0. The zero-order valence-corrected chi connectivity index (χ0v) is 14.0. The standard InChI is InChI=1S/C16H11FN2O3S2/c1-22-15(21)11-8-7-10(23-11)14(20)19-16-18-12(13(17)24-16)9-5-3-2-4-6-9/h2-8H,1H3,(H,18,19,20). The highest BCUT2D eigenvalue weighted by Crippen LogP contribution is 2.30. The normalized spacial score (nSPS) is 10.4. The first-order chi connectivity index (χ1) is 11.6. The van der Waals surface area contributed by atoms with E-state index in [-0.39, 0.29) is 10.8 Å². The Morgan fingerprint density at radius 3 is 2.50 bits per heavy atom. The number of carbonyl (C=O) groups excluding carboxylic acids is 2. The molecule has 1 N–H and O–H groups in total. The van der Waals surface area contributed by atoms with E-state index in [0.717, 1.165) is 22.7 Å². The van der Waals surface area contributed by atoms with Crippen LogP contribution in [0, 0.1) is 5.13 Å². The molecule has 0 aliphatic rings. The predicted molar refractivity (Wildman–Crippen MR) is 91.1 cm³/mol. The summed E-state index contributed by atoms with van der Waals surface area (Å²) < 4.78 is 18.6. The van der Waals surface area contributed by atoms with Gasteiger partial charge in [-0.25, -0.2) is 9.78 Å². The molecule has 0 aliphatic heterocycles.